The molecule has 0 aliphatic heterocycles. The molecule has 16 heavy (non-hydrogen) atoms. The van der Waals surface area contributed by atoms with E-state index in [-0.39, 0.29) is 5.49 Å². The van der Waals surface area contributed by atoms with Gasteiger partial charge in [0.05, 0.1) is 5.49 Å². The van der Waals surface area contributed by atoms with E-state index in [9.17, 15) is 4.57 Å². The number of unbranched alkanes of at least 4 members (excludes halogenated alkanes) is 7. The maximum Gasteiger partial charge on any atom is 0.335 e. The number of thioether (sulfide) groups is 1. The zero-order chi connectivity index (χ0) is 12.3. The fraction of sp³-hybridized carbons (Fsp3) is 1.00. The lowest BCUT2D eigenvalue weighted by molar-refractivity contribution is 0.379. The van der Waals surface area contributed by atoms with Gasteiger partial charge in [0.15, 0.2) is 0 Å². The molecule has 0 unspecified atom stereocenters. The van der Waals surface area contributed by atoms with Crippen LogP contribution in [-0.4, -0.2) is 21.0 Å². The van der Waals surface area contributed by atoms with Gasteiger partial charge in [-0.2, -0.15) is 0 Å². The fourth-order valence-corrected chi connectivity index (χ4v) is 3.40. The molecular weight excluding hydrogens is 243 g/mol. The van der Waals surface area contributed by atoms with Gasteiger partial charge in [0.1, 0.15) is 0 Å². The summed E-state index contributed by atoms with van der Waals surface area (Å²) in [6.45, 7) is 2.22. The Labute approximate surface area is 104 Å². The minimum atomic E-state index is -3.78. The van der Waals surface area contributed by atoms with E-state index in [0.717, 1.165) is 12.2 Å². The van der Waals surface area contributed by atoms with Crippen molar-refractivity contribution in [1.82, 2.24) is 0 Å². The van der Waals surface area contributed by atoms with Crippen LogP contribution in [0.25, 0.3) is 0 Å². The quantitative estimate of drug-likeness (QED) is 0.439. The van der Waals surface area contributed by atoms with Crippen LogP contribution in [0.4, 0.5) is 0 Å². The normalized spacial score (nSPS) is 11.9. The van der Waals surface area contributed by atoms with Crippen molar-refractivity contribution in [2.24, 2.45) is 0 Å². The molecule has 0 saturated carbocycles. The van der Waals surface area contributed by atoms with Crippen LogP contribution in [0.3, 0.4) is 0 Å². The van der Waals surface area contributed by atoms with Crippen molar-refractivity contribution in [1.29, 1.82) is 0 Å². The molecule has 0 aromatic rings. The highest BCUT2D eigenvalue weighted by molar-refractivity contribution is 8.04. The second-order valence-corrected chi connectivity index (χ2v) is 7.36. The van der Waals surface area contributed by atoms with Gasteiger partial charge in [-0.3, -0.25) is 4.57 Å². The van der Waals surface area contributed by atoms with Crippen molar-refractivity contribution in [3.8, 4) is 0 Å². The predicted molar refractivity (Wildman–Crippen MR) is 72.0 cm³/mol. The van der Waals surface area contributed by atoms with Gasteiger partial charge in [-0.15, -0.1) is 11.8 Å². The standard InChI is InChI=1S/C11H25O3PS/c1-2-3-4-5-6-7-8-9-10-16-11-15(12,13)14/h2-11H2,1H3,(H2,12,13,14). The van der Waals surface area contributed by atoms with Crippen molar-refractivity contribution >= 4 is 19.4 Å². The van der Waals surface area contributed by atoms with Gasteiger partial charge in [0.25, 0.3) is 0 Å². The average molecular weight is 268 g/mol. The Bertz CT molecular complexity index is 194. The third kappa shape index (κ3) is 14.5. The largest absolute Gasteiger partial charge is 0.335 e. The highest BCUT2D eigenvalue weighted by atomic mass is 32.2. The van der Waals surface area contributed by atoms with E-state index >= 15 is 0 Å². The summed E-state index contributed by atoms with van der Waals surface area (Å²) >= 11 is 1.37. The van der Waals surface area contributed by atoms with Gasteiger partial charge in [-0.25, -0.2) is 0 Å². The summed E-state index contributed by atoms with van der Waals surface area (Å²) in [6, 6.07) is 0. The van der Waals surface area contributed by atoms with Crippen LogP contribution in [0.1, 0.15) is 58.3 Å². The summed E-state index contributed by atoms with van der Waals surface area (Å²) in [5.74, 6) is 0.875. The Kier molecular flexibility index (Phi) is 11.0. The van der Waals surface area contributed by atoms with Crippen molar-refractivity contribution in [3.63, 3.8) is 0 Å². The van der Waals surface area contributed by atoms with E-state index in [0.29, 0.717) is 0 Å². The van der Waals surface area contributed by atoms with Crippen LogP contribution < -0.4 is 0 Å². The molecule has 0 aromatic carbocycles. The van der Waals surface area contributed by atoms with Crippen molar-refractivity contribution in [2.45, 2.75) is 58.3 Å². The molecule has 3 nitrogen and oxygen atoms in total. The molecule has 0 amide bonds. The first kappa shape index (κ1) is 16.5. The molecule has 0 aromatic heterocycles. The number of hydrogen-bond acceptors (Lipinski definition) is 2. The number of rotatable bonds is 11. The van der Waals surface area contributed by atoms with Crippen molar-refractivity contribution in [2.75, 3.05) is 11.2 Å². The Hall–Kier alpha value is 0.500. The molecular formula is C11H25O3PS. The molecule has 2 N–H and O–H groups in total. The van der Waals surface area contributed by atoms with Gasteiger partial charge < -0.3 is 9.79 Å². The summed E-state index contributed by atoms with van der Waals surface area (Å²) in [7, 11) is -3.78. The minimum absolute atomic E-state index is 0.0243. The van der Waals surface area contributed by atoms with E-state index in [1.807, 2.05) is 0 Å². The molecule has 0 aliphatic carbocycles. The van der Waals surface area contributed by atoms with Gasteiger partial charge in [-0.05, 0) is 12.2 Å². The van der Waals surface area contributed by atoms with Crippen LogP contribution in [0.5, 0.6) is 0 Å². The summed E-state index contributed by atoms with van der Waals surface area (Å²) in [4.78, 5) is 17.3. The second kappa shape index (κ2) is 10.6. The van der Waals surface area contributed by atoms with Crippen LogP contribution in [0.15, 0.2) is 0 Å². The lowest BCUT2D eigenvalue weighted by Crippen LogP contribution is -1.86. The van der Waals surface area contributed by atoms with E-state index in [4.69, 9.17) is 9.79 Å². The van der Waals surface area contributed by atoms with Crippen LogP contribution in [-0.2, 0) is 4.57 Å². The van der Waals surface area contributed by atoms with Crippen LogP contribution in [0, 0.1) is 0 Å². The summed E-state index contributed by atoms with van der Waals surface area (Å²) in [5.41, 5.74) is -0.0243. The number of hydrogen-bond donors (Lipinski definition) is 2. The molecule has 0 radical (unpaired) electrons. The SMILES string of the molecule is CCCCCCCCCCSCP(=O)(O)O. The molecule has 5 heteroatoms. The van der Waals surface area contributed by atoms with E-state index < -0.39 is 7.60 Å². The Morgan fingerprint density at radius 1 is 0.938 bits per heavy atom. The lowest BCUT2D eigenvalue weighted by atomic mass is 10.1. The first-order chi connectivity index (χ1) is 7.56. The zero-order valence-electron chi connectivity index (χ0n) is 10.2. The molecule has 0 heterocycles. The van der Waals surface area contributed by atoms with Gasteiger partial charge in [0.2, 0.25) is 0 Å². The highest BCUT2D eigenvalue weighted by Gasteiger charge is 2.11. The highest BCUT2D eigenvalue weighted by Crippen LogP contribution is 2.38. The minimum Gasteiger partial charge on any atom is -0.324 e. The van der Waals surface area contributed by atoms with E-state index in [1.54, 1.807) is 0 Å². The summed E-state index contributed by atoms with van der Waals surface area (Å²) < 4.78 is 10.5. The Morgan fingerprint density at radius 2 is 1.44 bits per heavy atom. The summed E-state index contributed by atoms with van der Waals surface area (Å²) in [6.07, 6.45) is 10.2. The van der Waals surface area contributed by atoms with Crippen LogP contribution >= 0.6 is 19.4 Å². The molecule has 0 rings (SSSR count). The van der Waals surface area contributed by atoms with Gasteiger partial charge in [0, 0.05) is 0 Å². The lowest BCUT2D eigenvalue weighted by Gasteiger charge is -2.03. The first-order valence-electron chi connectivity index (χ1n) is 6.18. The van der Waals surface area contributed by atoms with Gasteiger partial charge in [-0.1, -0.05) is 51.9 Å². The summed E-state index contributed by atoms with van der Waals surface area (Å²) in [5, 5.41) is 0. The fourth-order valence-electron chi connectivity index (χ4n) is 1.52. The predicted octanol–water partition coefficient (Wildman–Crippen LogP) is 4.00. The smallest absolute Gasteiger partial charge is 0.324 e. The molecule has 0 aliphatic rings. The first-order valence-corrected chi connectivity index (χ1v) is 9.14. The molecule has 0 atom stereocenters. The maximum atomic E-state index is 10.5. The third-order valence-corrected chi connectivity index (χ3v) is 5.05. The van der Waals surface area contributed by atoms with Gasteiger partial charge >= 0.3 is 7.60 Å². The van der Waals surface area contributed by atoms with Crippen LogP contribution in [0.2, 0.25) is 0 Å². The molecule has 0 spiro atoms. The maximum absolute atomic E-state index is 10.5. The second-order valence-electron chi connectivity index (χ2n) is 4.18. The third-order valence-electron chi connectivity index (χ3n) is 2.40. The Balaban J connectivity index is 3.02. The zero-order valence-corrected chi connectivity index (χ0v) is 11.9. The van der Waals surface area contributed by atoms with E-state index in [2.05, 4.69) is 6.92 Å². The van der Waals surface area contributed by atoms with E-state index in [1.165, 1.54) is 56.7 Å². The van der Waals surface area contributed by atoms with Crippen molar-refractivity contribution in [3.05, 3.63) is 0 Å². The topological polar surface area (TPSA) is 57.5 Å². The molecule has 0 bridgehead atoms. The molecule has 0 fully saturated rings. The molecule has 98 valence electrons. The van der Waals surface area contributed by atoms with Crippen molar-refractivity contribution < 1.29 is 14.4 Å². The monoisotopic (exact) mass is 268 g/mol. The molecule has 0 saturated heterocycles. The average Bonchev–Trinajstić information content (AvgIpc) is 2.19. The Morgan fingerprint density at radius 3 is 1.94 bits per heavy atom.